The number of anilines is 1. The van der Waals surface area contributed by atoms with Gasteiger partial charge in [0.1, 0.15) is 12.4 Å². The molecule has 0 aliphatic carbocycles. The van der Waals surface area contributed by atoms with E-state index in [1.54, 1.807) is 18.2 Å². The van der Waals surface area contributed by atoms with Gasteiger partial charge in [-0.1, -0.05) is 0 Å². The van der Waals surface area contributed by atoms with Gasteiger partial charge in [0.25, 0.3) is 5.56 Å². The predicted molar refractivity (Wildman–Crippen MR) is 100 cm³/mol. The van der Waals surface area contributed by atoms with Gasteiger partial charge in [-0.3, -0.25) is 9.59 Å². The van der Waals surface area contributed by atoms with Crippen LogP contribution in [-0.4, -0.2) is 22.5 Å². The average molecular weight is 435 g/mol. The summed E-state index contributed by atoms with van der Waals surface area (Å²) in [4.78, 5) is 24.3. The normalized spacial score (nSPS) is 12.6. The minimum atomic E-state index is -4.91. The summed E-state index contributed by atoms with van der Waals surface area (Å²) in [5.41, 5.74) is -1.39. The third-order valence-electron chi connectivity index (χ3n) is 4.38. The first kappa shape index (κ1) is 20.4. The molecule has 0 bridgehead atoms. The molecule has 7 nitrogen and oxygen atoms in total. The van der Waals surface area contributed by atoms with Crippen LogP contribution < -0.4 is 20.3 Å². The van der Waals surface area contributed by atoms with E-state index in [9.17, 15) is 27.2 Å². The van der Waals surface area contributed by atoms with Gasteiger partial charge >= 0.3 is 6.18 Å². The van der Waals surface area contributed by atoms with Crippen LogP contribution in [0.1, 0.15) is 5.56 Å². The number of hydrogen-bond donors (Lipinski definition) is 1. The first-order valence-corrected chi connectivity index (χ1v) is 8.85. The summed E-state index contributed by atoms with van der Waals surface area (Å²) in [5, 5.41) is 6.34. The second kappa shape index (κ2) is 7.74. The molecule has 2 heterocycles. The van der Waals surface area contributed by atoms with E-state index in [0.717, 1.165) is 10.7 Å². The number of nitrogens with zero attached hydrogens (tertiary/aromatic N) is 2. The first-order valence-electron chi connectivity index (χ1n) is 8.85. The van der Waals surface area contributed by atoms with Crippen molar-refractivity contribution in [3.63, 3.8) is 0 Å². The highest BCUT2D eigenvalue weighted by atomic mass is 19.4. The molecule has 2 aromatic carbocycles. The van der Waals surface area contributed by atoms with Crippen LogP contribution in [0.2, 0.25) is 0 Å². The molecule has 0 spiro atoms. The Morgan fingerprint density at radius 3 is 2.61 bits per heavy atom. The Hall–Kier alpha value is -3.89. The van der Waals surface area contributed by atoms with Crippen molar-refractivity contribution in [2.24, 2.45) is 0 Å². The monoisotopic (exact) mass is 435 g/mol. The quantitative estimate of drug-likeness (QED) is 0.635. The van der Waals surface area contributed by atoms with Crippen LogP contribution in [0.3, 0.4) is 0 Å². The number of hydrogen-bond acceptors (Lipinski definition) is 5. The summed E-state index contributed by atoms with van der Waals surface area (Å²) >= 11 is 0. The van der Waals surface area contributed by atoms with Crippen LogP contribution in [0.25, 0.3) is 11.3 Å². The van der Waals surface area contributed by atoms with Crippen LogP contribution in [-0.2, 0) is 17.5 Å². The van der Waals surface area contributed by atoms with Crippen molar-refractivity contribution in [1.29, 1.82) is 0 Å². The molecule has 1 N–H and O–H groups in total. The molecule has 1 aliphatic rings. The number of amides is 1. The number of nitrogens with one attached hydrogen (secondary N) is 1. The minimum absolute atomic E-state index is 0.0886. The number of alkyl halides is 3. The Kier molecular flexibility index (Phi) is 5.09. The Bertz CT molecular complexity index is 1220. The van der Waals surface area contributed by atoms with E-state index in [1.807, 2.05) is 0 Å². The highest BCUT2D eigenvalue weighted by Gasteiger charge is 2.34. The summed E-state index contributed by atoms with van der Waals surface area (Å²) in [6, 6.07) is 9.77. The third kappa shape index (κ3) is 4.34. The lowest BCUT2D eigenvalue weighted by Crippen LogP contribution is -2.29. The van der Waals surface area contributed by atoms with E-state index in [0.29, 0.717) is 34.9 Å². The fourth-order valence-electron chi connectivity index (χ4n) is 2.93. The maximum Gasteiger partial charge on any atom is 0.419 e. The molecule has 11 heteroatoms. The zero-order valence-electron chi connectivity index (χ0n) is 15.6. The van der Waals surface area contributed by atoms with E-state index in [-0.39, 0.29) is 12.5 Å². The summed E-state index contributed by atoms with van der Waals surface area (Å²) < 4.78 is 63.3. The van der Waals surface area contributed by atoms with Crippen molar-refractivity contribution in [2.75, 3.05) is 12.1 Å². The summed E-state index contributed by atoms with van der Waals surface area (Å²) in [7, 11) is 0. The van der Waals surface area contributed by atoms with Gasteiger partial charge in [-0.05, 0) is 42.5 Å². The summed E-state index contributed by atoms with van der Waals surface area (Å²) in [6.45, 7) is -0.471. The lowest BCUT2D eigenvalue weighted by Gasteiger charge is -2.12. The number of ether oxygens (including phenoxy) is 2. The molecule has 0 unspecified atom stereocenters. The molecule has 0 saturated heterocycles. The largest absolute Gasteiger partial charge is 0.454 e. The maximum atomic E-state index is 13.4. The van der Waals surface area contributed by atoms with Gasteiger partial charge in [-0.15, -0.1) is 0 Å². The van der Waals surface area contributed by atoms with E-state index in [1.165, 1.54) is 12.1 Å². The summed E-state index contributed by atoms with van der Waals surface area (Å²) in [5.74, 6) is -1.20. The van der Waals surface area contributed by atoms with Crippen LogP contribution in [0, 0.1) is 5.82 Å². The minimum Gasteiger partial charge on any atom is -0.454 e. The van der Waals surface area contributed by atoms with Gasteiger partial charge < -0.3 is 14.8 Å². The lowest BCUT2D eigenvalue weighted by molar-refractivity contribution is -0.140. The highest BCUT2D eigenvalue weighted by Crippen LogP contribution is 2.35. The second-order valence-corrected chi connectivity index (χ2v) is 6.52. The second-order valence-electron chi connectivity index (χ2n) is 6.52. The topological polar surface area (TPSA) is 82.5 Å². The van der Waals surface area contributed by atoms with Gasteiger partial charge in [0.05, 0.1) is 11.3 Å². The van der Waals surface area contributed by atoms with Crippen molar-refractivity contribution in [1.82, 2.24) is 9.78 Å². The van der Waals surface area contributed by atoms with E-state index < -0.39 is 35.6 Å². The Morgan fingerprint density at radius 2 is 1.84 bits per heavy atom. The van der Waals surface area contributed by atoms with Gasteiger partial charge in [0.15, 0.2) is 11.5 Å². The highest BCUT2D eigenvalue weighted by molar-refractivity contribution is 5.90. The van der Waals surface area contributed by atoms with E-state index in [4.69, 9.17) is 9.47 Å². The van der Waals surface area contributed by atoms with Crippen LogP contribution >= 0.6 is 0 Å². The van der Waals surface area contributed by atoms with Crippen LogP contribution in [0.4, 0.5) is 23.2 Å². The Balaban J connectivity index is 1.54. The van der Waals surface area contributed by atoms with E-state index in [2.05, 4.69) is 10.4 Å². The van der Waals surface area contributed by atoms with Crippen molar-refractivity contribution >= 4 is 11.6 Å². The van der Waals surface area contributed by atoms with Crippen LogP contribution in [0.5, 0.6) is 11.5 Å². The first-order chi connectivity index (χ1) is 14.7. The van der Waals surface area contributed by atoms with Crippen molar-refractivity contribution in [3.05, 3.63) is 70.3 Å². The van der Waals surface area contributed by atoms with Gasteiger partial charge in [-0.2, -0.15) is 18.3 Å². The number of aromatic nitrogens is 2. The summed E-state index contributed by atoms with van der Waals surface area (Å²) in [6.07, 6.45) is -4.91. The molecule has 0 saturated carbocycles. The average Bonchev–Trinajstić information content (AvgIpc) is 3.18. The zero-order valence-corrected chi connectivity index (χ0v) is 15.6. The molecule has 0 atom stereocenters. The van der Waals surface area contributed by atoms with Crippen molar-refractivity contribution in [3.8, 4) is 22.8 Å². The molecule has 160 valence electrons. The van der Waals surface area contributed by atoms with Gasteiger partial charge in [0, 0.05) is 17.3 Å². The fourth-order valence-corrected chi connectivity index (χ4v) is 2.93. The molecule has 0 fully saturated rings. The molecular formula is C20H13F4N3O4. The number of halogens is 4. The molecule has 31 heavy (non-hydrogen) atoms. The smallest absolute Gasteiger partial charge is 0.419 e. The number of benzene rings is 2. The number of rotatable bonds is 4. The number of carbonyl (C=O) groups is 1. The molecule has 1 amide bonds. The molecule has 0 radical (unpaired) electrons. The maximum absolute atomic E-state index is 13.4. The number of fused-ring (bicyclic) bond motifs is 1. The standard InChI is InChI=1S/C20H13F4N3O4/c21-14-3-2-12(8-13(14)20(22,23)24)25-18(28)9-27-19(29)6-4-15(26-27)11-1-5-16-17(7-11)31-10-30-16/h1-8H,9-10H2,(H,25,28). The Morgan fingerprint density at radius 1 is 1.06 bits per heavy atom. The fraction of sp³-hybridized carbons (Fsp3) is 0.150. The van der Waals surface area contributed by atoms with Crippen molar-refractivity contribution < 1.29 is 31.8 Å². The van der Waals surface area contributed by atoms with Crippen molar-refractivity contribution in [2.45, 2.75) is 12.7 Å². The van der Waals surface area contributed by atoms with Gasteiger partial charge in [-0.25, -0.2) is 9.07 Å². The molecular weight excluding hydrogens is 422 g/mol. The molecule has 1 aromatic heterocycles. The molecule has 3 aromatic rings. The predicted octanol–water partition coefficient (Wildman–Crippen LogP) is 3.44. The molecule has 4 rings (SSSR count). The molecule has 1 aliphatic heterocycles. The van der Waals surface area contributed by atoms with Gasteiger partial charge in [0.2, 0.25) is 12.7 Å². The van der Waals surface area contributed by atoms with Crippen LogP contribution in [0.15, 0.2) is 53.3 Å². The number of carbonyl (C=O) groups excluding carboxylic acids is 1. The SMILES string of the molecule is O=C(Cn1nc(-c2ccc3c(c2)OCO3)ccc1=O)Nc1ccc(F)c(C(F)(F)F)c1. The Labute approximate surface area is 171 Å². The lowest BCUT2D eigenvalue weighted by atomic mass is 10.1. The zero-order chi connectivity index (χ0) is 22.2. The third-order valence-corrected chi connectivity index (χ3v) is 4.38. The van der Waals surface area contributed by atoms with E-state index >= 15 is 0 Å².